The minimum Gasteiger partial charge on any atom is -0.393 e. The van der Waals surface area contributed by atoms with Crippen LogP contribution in [0.3, 0.4) is 0 Å². The molecule has 20 heavy (non-hydrogen) atoms. The van der Waals surface area contributed by atoms with Crippen LogP contribution in [0.4, 0.5) is 0 Å². The van der Waals surface area contributed by atoms with Crippen molar-refractivity contribution in [1.82, 2.24) is 4.90 Å². The Morgan fingerprint density at radius 2 is 1.90 bits per heavy atom. The third kappa shape index (κ3) is 6.46. The van der Waals surface area contributed by atoms with Crippen LogP contribution in [0.15, 0.2) is 35.2 Å². The van der Waals surface area contributed by atoms with E-state index in [9.17, 15) is 5.11 Å². The molecule has 2 rings (SSSR count). The largest absolute Gasteiger partial charge is 0.393 e. The second-order valence-corrected chi connectivity index (χ2v) is 6.34. The Labute approximate surface area is 132 Å². The highest BCUT2D eigenvalue weighted by molar-refractivity contribution is 7.99. The standard InChI is InChI=1S/C15H24N2OS.ClH/c16-13(12-19-15-4-2-1-3-5-15)6-9-17-10-7-14(18)8-11-17;/h1-5,13-14,18H,6-12,16H2;1H/t13-;/m1./s1. The number of thioether (sulfide) groups is 1. The lowest BCUT2D eigenvalue weighted by atomic mass is 10.1. The Hall–Kier alpha value is -0.260. The molecule has 0 aromatic heterocycles. The molecule has 1 aromatic carbocycles. The average molecular weight is 317 g/mol. The molecule has 1 atom stereocenters. The highest BCUT2D eigenvalue weighted by Crippen LogP contribution is 2.18. The summed E-state index contributed by atoms with van der Waals surface area (Å²) in [7, 11) is 0. The highest BCUT2D eigenvalue weighted by atomic mass is 35.5. The first-order valence-corrected chi connectivity index (χ1v) is 8.06. The fourth-order valence-corrected chi connectivity index (χ4v) is 3.22. The molecule has 1 fully saturated rings. The van der Waals surface area contributed by atoms with E-state index in [1.165, 1.54) is 4.90 Å². The van der Waals surface area contributed by atoms with Gasteiger partial charge in [-0.3, -0.25) is 0 Å². The van der Waals surface area contributed by atoms with E-state index in [0.717, 1.165) is 44.6 Å². The summed E-state index contributed by atoms with van der Waals surface area (Å²) in [5.41, 5.74) is 6.17. The lowest BCUT2D eigenvalue weighted by Gasteiger charge is -2.30. The molecular weight excluding hydrogens is 292 g/mol. The van der Waals surface area contributed by atoms with Gasteiger partial charge in [-0.05, 0) is 37.9 Å². The zero-order valence-electron chi connectivity index (χ0n) is 11.8. The summed E-state index contributed by atoms with van der Waals surface area (Å²) in [6.07, 6.45) is 2.77. The van der Waals surface area contributed by atoms with E-state index < -0.39 is 0 Å². The molecule has 3 N–H and O–H groups in total. The molecule has 0 bridgehead atoms. The molecule has 0 spiro atoms. The topological polar surface area (TPSA) is 49.5 Å². The maximum Gasteiger partial charge on any atom is 0.0564 e. The molecule has 1 aliphatic rings. The first kappa shape index (κ1) is 17.8. The fourth-order valence-electron chi connectivity index (χ4n) is 2.29. The Bertz CT molecular complexity index is 358. The number of benzene rings is 1. The molecule has 114 valence electrons. The van der Waals surface area contributed by atoms with Crippen LogP contribution in [0.1, 0.15) is 19.3 Å². The molecule has 3 nitrogen and oxygen atoms in total. The maximum absolute atomic E-state index is 9.46. The van der Waals surface area contributed by atoms with Crippen molar-refractivity contribution in [3.8, 4) is 0 Å². The predicted molar refractivity (Wildman–Crippen MR) is 88.7 cm³/mol. The van der Waals surface area contributed by atoms with Crippen LogP contribution >= 0.6 is 24.2 Å². The maximum atomic E-state index is 9.46. The zero-order valence-corrected chi connectivity index (χ0v) is 13.4. The summed E-state index contributed by atoms with van der Waals surface area (Å²) in [5, 5.41) is 9.46. The van der Waals surface area contributed by atoms with Gasteiger partial charge in [0.2, 0.25) is 0 Å². The number of nitrogens with two attached hydrogens (primary N) is 1. The van der Waals surface area contributed by atoms with Gasteiger partial charge in [0, 0.05) is 29.8 Å². The number of rotatable bonds is 6. The van der Waals surface area contributed by atoms with Crippen molar-refractivity contribution in [3.05, 3.63) is 30.3 Å². The first-order valence-electron chi connectivity index (χ1n) is 7.08. The SMILES string of the molecule is Cl.N[C@H](CCN1CCC(O)CC1)CSc1ccccc1. The van der Waals surface area contributed by atoms with Crippen LogP contribution in [0.2, 0.25) is 0 Å². The van der Waals surface area contributed by atoms with Crippen LogP contribution in [0.25, 0.3) is 0 Å². The van der Waals surface area contributed by atoms with Gasteiger partial charge < -0.3 is 15.7 Å². The van der Waals surface area contributed by atoms with Crippen molar-refractivity contribution in [2.75, 3.05) is 25.4 Å². The van der Waals surface area contributed by atoms with Crippen molar-refractivity contribution in [1.29, 1.82) is 0 Å². The Morgan fingerprint density at radius 1 is 1.25 bits per heavy atom. The molecule has 1 aromatic rings. The van der Waals surface area contributed by atoms with Gasteiger partial charge in [-0.2, -0.15) is 0 Å². The fraction of sp³-hybridized carbons (Fsp3) is 0.600. The molecule has 0 saturated carbocycles. The second-order valence-electron chi connectivity index (χ2n) is 5.25. The number of hydrogen-bond acceptors (Lipinski definition) is 4. The molecule has 5 heteroatoms. The van der Waals surface area contributed by atoms with Crippen LogP contribution in [-0.4, -0.2) is 47.5 Å². The molecule has 0 radical (unpaired) electrons. The van der Waals surface area contributed by atoms with Crippen molar-refractivity contribution in [2.45, 2.75) is 36.3 Å². The van der Waals surface area contributed by atoms with Crippen molar-refractivity contribution in [3.63, 3.8) is 0 Å². The number of aliphatic hydroxyl groups is 1. The second kappa shape index (κ2) is 9.64. The molecular formula is C15H25ClN2OS. The van der Waals surface area contributed by atoms with E-state index >= 15 is 0 Å². The molecule has 1 saturated heterocycles. The van der Waals surface area contributed by atoms with Crippen molar-refractivity contribution >= 4 is 24.2 Å². The molecule has 1 aliphatic heterocycles. The van der Waals surface area contributed by atoms with E-state index in [-0.39, 0.29) is 24.6 Å². The van der Waals surface area contributed by atoms with Crippen LogP contribution in [0, 0.1) is 0 Å². The van der Waals surface area contributed by atoms with Crippen LogP contribution < -0.4 is 5.73 Å². The van der Waals surface area contributed by atoms with Crippen LogP contribution in [0.5, 0.6) is 0 Å². The molecule has 0 amide bonds. The number of halogens is 1. The summed E-state index contributed by atoms with van der Waals surface area (Å²) in [6, 6.07) is 10.7. The van der Waals surface area contributed by atoms with E-state index in [4.69, 9.17) is 5.73 Å². The summed E-state index contributed by atoms with van der Waals surface area (Å²) in [5.74, 6) is 0.973. The number of piperidine rings is 1. The van der Waals surface area contributed by atoms with E-state index in [1.54, 1.807) is 0 Å². The smallest absolute Gasteiger partial charge is 0.0564 e. The minimum absolute atomic E-state index is 0. The van der Waals surface area contributed by atoms with Gasteiger partial charge >= 0.3 is 0 Å². The van der Waals surface area contributed by atoms with E-state index in [0.29, 0.717) is 0 Å². The van der Waals surface area contributed by atoms with Crippen molar-refractivity contribution in [2.24, 2.45) is 5.73 Å². The summed E-state index contributed by atoms with van der Waals surface area (Å²) in [4.78, 5) is 3.71. The summed E-state index contributed by atoms with van der Waals surface area (Å²) >= 11 is 1.83. The predicted octanol–water partition coefficient (Wildman–Crippen LogP) is 2.37. The van der Waals surface area contributed by atoms with Gasteiger partial charge in [0.15, 0.2) is 0 Å². The molecule has 0 aliphatic carbocycles. The zero-order chi connectivity index (χ0) is 13.5. The van der Waals surface area contributed by atoms with Gasteiger partial charge in [-0.15, -0.1) is 24.2 Å². The third-order valence-corrected chi connectivity index (χ3v) is 4.78. The van der Waals surface area contributed by atoms with Crippen molar-refractivity contribution < 1.29 is 5.11 Å². The lowest BCUT2D eigenvalue weighted by Crippen LogP contribution is -2.38. The number of hydrogen-bond donors (Lipinski definition) is 2. The summed E-state index contributed by atoms with van der Waals surface area (Å²) < 4.78 is 0. The summed E-state index contributed by atoms with van der Waals surface area (Å²) in [6.45, 7) is 3.09. The number of likely N-dealkylation sites (tertiary alicyclic amines) is 1. The van der Waals surface area contributed by atoms with Gasteiger partial charge in [-0.25, -0.2) is 0 Å². The Morgan fingerprint density at radius 3 is 2.55 bits per heavy atom. The van der Waals surface area contributed by atoms with Crippen LogP contribution in [-0.2, 0) is 0 Å². The van der Waals surface area contributed by atoms with E-state index in [2.05, 4.69) is 29.2 Å². The first-order chi connectivity index (χ1) is 9.24. The number of nitrogens with zero attached hydrogens (tertiary/aromatic N) is 1. The normalized spacial score (nSPS) is 18.5. The molecule has 0 unspecified atom stereocenters. The van der Waals surface area contributed by atoms with E-state index in [1.807, 2.05) is 17.8 Å². The highest BCUT2D eigenvalue weighted by Gasteiger charge is 2.17. The van der Waals surface area contributed by atoms with Gasteiger partial charge in [0.05, 0.1) is 6.10 Å². The average Bonchev–Trinajstić information content (AvgIpc) is 2.45. The monoisotopic (exact) mass is 316 g/mol. The lowest BCUT2D eigenvalue weighted by molar-refractivity contribution is 0.0815. The Kier molecular flexibility index (Phi) is 8.57. The van der Waals surface area contributed by atoms with Gasteiger partial charge in [0.1, 0.15) is 0 Å². The third-order valence-electron chi connectivity index (χ3n) is 3.58. The minimum atomic E-state index is -0.0847. The van der Waals surface area contributed by atoms with Gasteiger partial charge in [0.25, 0.3) is 0 Å². The van der Waals surface area contributed by atoms with Gasteiger partial charge in [-0.1, -0.05) is 18.2 Å². The number of aliphatic hydroxyl groups excluding tert-OH is 1. The Balaban J connectivity index is 0.00000200. The molecule has 1 heterocycles. The quantitative estimate of drug-likeness (QED) is 0.791.